The van der Waals surface area contributed by atoms with Gasteiger partial charge in [0.05, 0.1) is 6.54 Å². The number of hydrogen-bond donors (Lipinski definition) is 0. The van der Waals surface area contributed by atoms with Crippen molar-refractivity contribution in [3.05, 3.63) is 65.1 Å². The molecule has 31 heavy (non-hydrogen) atoms. The lowest BCUT2D eigenvalue weighted by Crippen LogP contribution is -2.39. The molecule has 0 unspecified atom stereocenters. The minimum Gasteiger partial charge on any atom is -0.486 e. The van der Waals surface area contributed by atoms with Crippen molar-refractivity contribution in [2.45, 2.75) is 45.6 Å². The number of halogens is 3. The maximum atomic E-state index is 13.0. The topological polar surface area (TPSA) is 73.4 Å². The predicted molar refractivity (Wildman–Crippen MR) is 103 cm³/mol. The Morgan fingerprint density at radius 2 is 1.87 bits per heavy atom. The maximum absolute atomic E-state index is 13.0. The van der Waals surface area contributed by atoms with E-state index in [4.69, 9.17) is 9.15 Å². The molecule has 0 radical (unpaired) electrons. The number of aromatic nitrogens is 3. The molecule has 3 heterocycles. The van der Waals surface area contributed by atoms with E-state index in [1.54, 1.807) is 6.07 Å². The Hall–Kier alpha value is -3.30. The number of amides is 1. The van der Waals surface area contributed by atoms with Crippen LogP contribution >= 0.6 is 0 Å². The highest BCUT2D eigenvalue weighted by atomic mass is 19.4. The molecule has 0 N–H and O–H groups in total. The number of carbonyl (C=O) groups excluding carboxylic acids is 1. The number of nitrogens with zero attached hydrogens (tertiary/aromatic N) is 4. The van der Waals surface area contributed by atoms with Crippen molar-refractivity contribution < 1.29 is 27.1 Å². The van der Waals surface area contributed by atoms with Gasteiger partial charge in [-0.2, -0.15) is 13.2 Å². The number of alkyl halides is 3. The van der Waals surface area contributed by atoms with Gasteiger partial charge < -0.3 is 18.6 Å². The SMILES string of the molecule is CC(C)c1ccc(OCc2ccc(C(=O)N3CCn4c(nnc4C(F)(F)F)C3)o2)cc1. The number of carbonyl (C=O) groups is 1. The van der Waals surface area contributed by atoms with Gasteiger partial charge in [0.15, 0.2) is 11.6 Å². The quantitative estimate of drug-likeness (QED) is 0.600. The van der Waals surface area contributed by atoms with Crippen LogP contribution in [0.2, 0.25) is 0 Å². The fourth-order valence-electron chi connectivity index (χ4n) is 3.37. The van der Waals surface area contributed by atoms with E-state index in [1.807, 2.05) is 24.3 Å². The molecule has 164 valence electrons. The van der Waals surface area contributed by atoms with Gasteiger partial charge in [-0.25, -0.2) is 0 Å². The number of ether oxygens (including phenoxy) is 1. The standard InChI is InChI=1S/C21H21F3N4O3/c1-13(2)14-3-5-15(6-4-14)30-12-16-7-8-17(31-16)19(29)27-9-10-28-18(11-27)25-26-20(28)21(22,23)24/h3-8,13H,9-12H2,1-2H3. The molecule has 0 spiro atoms. The van der Waals surface area contributed by atoms with E-state index >= 15 is 0 Å². The Morgan fingerprint density at radius 1 is 1.13 bits per heavy atom. The summed E-state index contributed by atoms with van der Waals surface area (Å²) in [5, 5.41) is 6.80. The summed E-state index contributed by atoms with van der Waals surface area (Å²) in [5.74, 6) is 0.296. The summed E-state index contributed by atoms with van der Waals surface area (Å²) in [6.45, 7) is 4.36. The van der Waals surface area contributed by atoms with Crippen molar-refractivity contribution in [3.8, 4) is 5.75 Å². The largest absolute Gasteiger partial charge is 0.486 e. The molecule has 0 fully saturated rings. The van der Waals surface area contributed by atoms with E-state index in [0.717, 1.165) is 4.57 Å². The third-order valence-corrected chi connectivity index (χ3v) is 5.09. The van der Waals surface area contributed by atoms with Gasteiger partial charge in [-0.1, -0.05) is 26.0 Å². The molecule has 7 nitrogen and oxygen atoms in total. The van der Waals surface area contributed by atoms with Gasteiger partial charge in [-0.3, -0.25) is 4.79 Å². The lowest BCUT2D eigenvalue weighted by atomic mass is 10.0. The minimum atomic E-state index is -4.58. The minimum absolute atomic E-state index is 0.0357. The first-order chi connectivity index (χ1) is 14.7. The van der Waals surface area contributed by atoms with Crippen LogP contribution in [0.5, 0.6) is 5.75 Å². The van der Waals surface area contributed by atoms with Crippen LogP contribution in [0.3, 0.4) is 0 Å². The molecule has 1 aromatic carbocycles. The van der Waals surface area contributed by atoms with E-state index in [1.165, 1.54) is 16.5 Å². The molecule has 1 aliphatic rings. The Balaban J connectivity index is 1.38. The third-order valence-electron chi connectivity index (χ3n) is 5.09. The van der Waals surface area contributed by atoms with Crippen LogP contribution in [0.4, 0.5) is 13.2 Å². The van der Waals surface area contributed by atoms with Gasteiger partial charge in [0.2, 0.25) is 5.82 Å². The first-order valence-corrected chi connectivity index (χ1v) is 9.82. The van der Waals surface area contributed by atoms with E-state index in [-0.39, 0.29) is 37.8 Å². The molecule has 10 heteroatoms. The van der Waals surface area contributed by atoms with Crippen LogP contribution in [-0.2, 0) is 25.9 Å². The number of furan rings is 1. The number of fused-ring (bicyclic) bond motifs is 1. The summed E-state index contributed by atoms with van der Waals surface area (Å²) in [5.41, 5.74) is 1.21. The average molecular weight is 434 g/mol. The highest BCUT2D eigenvalue weighted by Crippen LogP contribution is 2.29. The second-order valence-electron chi connectivity index (χ2n) is 7.59. The molecular weight excluding hydrogens is 413 g/mol. The van der Waals surface area contributed by atoms with Gasteiger partial charge in [-0.05, 0) is 35.7 Å². The Labute approximate surface area is 176 Å². The molecule has 0 atom stereocenters. The number of rotatable bonds is 5. The lowest BCUT2D eigenvalue weighted by molar-refractivity contribution is -0.147. The Morgan fingerprint density at radius 3 is 2.55 bits per heavy atom. The molecule has 0 saturated carbocycles. The molecule has 1 aliphatic heterocycles. The zero-order valence-corrected chi connectivity index (χ0v) is 17.0. The van der Waals surface area contributed by atoms with Crippen LogP contribution in [0.15, 0.2) is 40.8 Å². The van der Waals surface area contributed by atoms with E-state index in [0.29, 0.717) is 17.4 Å². The van der Waals surface area contributed by atoms with Gasteiger partial charge in [0.25, 0.3) is 5.91 Å². The Kier molecular flexibility index (Phi) is 5.47. The van der Waals surface area contributed by atoms with Crippen molar-refractivity contribution in [1.29, 1.82) is 0 Å². The van der Waals surface area contributed by atoms with Gasteiger partial charge in [-0.15, -0.1) is 10.2 Å². The maximum Gasteiger partial charge on any atom is 0.451 e. The summed E-state index contributed by atoms with van der Waals surface area (Å²) in [7, 11) is 0. The second-order valence-corrected chi connectivity index (χ2v) is 7.59. The molecule has 0 aliphatic carbocycles. The normalized spacial score (nSPS) is 14.1. The van der Waals surface area contributed by atoms with Crippen molar-refractivity contribution in [1.82, 2.24) is 19.7 Å². The van der Waals surface area contributed by atoms with Crippen molar-refractivity contribution in [3.63, 3.8) is 0 Å². The lowest BCUT2D eigenvalue weighted by Gasteiger charge is -2.27. The van der Waals surface area contributed by atoms with Crippen molar-refractivity contribution in [2.24, 2.45) is 0 Å². The molecule has 2 aromatic heterocycles. The zero-order valence-electron chi connectivity index (χ0n) is 17.0. The van der Waals surface area contributed by atoms with Crippen LogP contribution in [0, 0.1) is 0 Å². The summed E-state index contributed by atoms with van der Waals surface area (Å²) in [6.07, 6.45) is -4.58. The third kappa shape index (κ3) is 4.42. The van der Waals surface area contributed by atoms with Crippen molar-refractivity contribution >= 4 is 5.91 Å². The summed E-state index contributed by atoms with van der Waals surface area (Å²) < 4.78 is 51.1. The zero-order chi connectivity index (χ0) is 22.2. The molecule has 4 rings (SSSR count). The van der Waals surface area contributed by atoms with Gasteiger partial charge in [0, 0.05) is 13.1 Å². The number of benzene rings is 1. The van der Waals surface area contributed by atoms with E-state index in [2.05, 4.69) is 24.0 Å². The first-order valence-electron chi connectivity index (χ1n) is 9.82. The Bertz CT molecular complexity index is 1070. The van der Waals surface area contributed by atoms with Crippen LogP contribution in [0.1, 0.15) is 53.3 Å². The number of hydrogen-bond acceptors (Lipinski definition) is 5. The summed E-state index contributed by atoms with van der Waals surface area (Å²) in [4.78, 5) is 14.1. The monoisotopic (exact) mass is 434 g/mol. The smallest absolute Gasteiger partial charge is 0.451 e. The molecule has 3 aromatic rings. The average Bonchev–Trinajstić information content (AvgIpc) is 3.38. The van der Waals surface area contributed by atoms with Crippen LogP contribution in [0.25, 0.3) is 0 Å². The van der Waals surface area contributed by atoms with Crippen molar-refractivity contribution in [2.75, 3.05) is 6.54 Å². The van der Waals surface area contributed by atoms with Gasteiger partial charge in [0.1, 0.15) is 18.1 Å². The first kappa shape index (κ1) is 21.0. The second kappa shape index (κ2) is 8.09. The molecule has 0 bridgehead atoms. The highest BCUT2D eigenvalue weighted by molar-refractivity contribution is 5.91. The fourth-order valence-corrected chi connectivity index (χ4v) is 3.37. The van der Waals surface area contributed by atoms with Crippen LogP contribution < -0.4 is 4.74 Å². The fraction of sp³-hybridized carbons (Fsp3) is 0.381. The van der Waals surface area contributed by atoms with Crippen LogP contribution in [-0.4, -0.2) is 32.1 Å². The summed E-state index contributed by atoms with van der Waals surface area (Å²) in [6, 6.07) is 10.9. The predicted octanol–water partition coefficient (Wildman–Crippen LogP) is 4.25. The van der Waals surface area contributed by atoms with Gasteiger partial charge >= 0.3 is 6.18 Å². The molecule has 0 saturated heterocycles. The van der Waals surface area contributed by atoms with E-state index in [9.17, 15) is 18.0 Å². The summed E-state index contributed by atoms with van der Waals surface area (Å²) >= 11 is 0. The molecule has 1 amide bonds. The molecular formula is C21H21F3N4O3. The highest BCUT2D eigenvalue weighted by Gasteiger charge is 2.40. The van der Waals surface area contributed by atoms with E-state index < -0.39 is 17.9 Å².